The Morgan fingerprint density at radius 2 is 1.55 bits per heavy atom. The van der Waals surface area contributed by atoms with Crippen LogP contribution in [-0.4, -0.2) is 44.0 Å². The predicted molar refractivity (Wildman–Crippen MR) is 121 cm³/mol. The van der Waals surface area contributed by atoms with Gasteiger partial charge in [0, 0.05) is 18.7 Å². The summed E-state index contributed by atoms with van der Waals surface area (Å²) in [5.41, 5.74) is 2.56. The molecule has 6 nitrogen and oxygen atoms in total. The maximum Gasteiger partial charge on any atom is 0.270 e. The largest absolute Gasteiger partial charge is 0.493 e. The monoisotopic (exact) mass is 422 g/mol. The van der Waals surface area contributed by atoms with Crippen LogP contribution in [0.1, 0.15) is 47.2 Å². The van der Waals surface area contributed by atoms with Gasteiger partial charge in [-0.25, -0.2) is 0 Å². The Bertz CT molecular complexity index is 942. The number of amides is 2. The number of nitrogens with zero attached hydrogens (tertiary/aromatic N) is 1. The van der Waals surface area contributed by atoms with E-state index in [9.17, 15) is 9.59 Å². The Morgan fingerprint density at radius 1 is 0.903 bits per heavy atom. The summed E-state index contributed by atoms with van der Waals surface area (Å²) in [6.07, 6.45) is 5.88. The van der Waals surface area contributed by atoms with E-state index in [2.05, 4.69) is 5.32 Å². The third kappa shape index (κ3) is 5.87. The molecule has 0 bridgehead atoms. The molecule has 1 fully saturated rings. The van der Waals surface area contributed by atoms with Crippen LogP contribution in [0.2, 0.25) is 0 Å². The molecule has 2 aromatic rings. The van der Waals surface area contributed by atoms with Crippen molar-refractivity contribution in [2.24, 2.45) is 0 Å². The number of likely N-dealkylation sites (tertiary alicyclic amines) is 1. The van der Waals surface area contributed by atoms with Crippen LogP contribution in [0.15, 0.2) is 48.2 Å². The summed E-state index contributed by atoms with van der Waals surface area (Å²) in [5, 5.41) is 2.84. The minimum atomic E-state index is -0.310. The third-order valence-corrected chi connectivity index (χ3v) is 5.40. The van der Waals surface area contributed by atoms with Gasteiger partial charge < -0.3 is 19.7 Å². The molecule has 6 heteroatoms. The molecule has 0 aliphatic carbocycles. The van der Waals surface area contributed by atoms with Crippen molar-refractivity contribution in [3.63, 3.8) is 0 Å². The number of carbonyl (C=O) groups excluding carboxylic acids is 2. The van der Waals surface area contributed by atoms with Gasteiger partial charge in [0.2, 0.25) is 0 Å². The van der Waals surface area contributed by atoms with E-state index >= 15 is 0 Å². The molecule has 2 aromatic carbocycles. The maximum absolute atomic E-state index is 13.3. The van der Waals surface area contributed by atoms with E-state index < -0.39 is 0 Å². The fourth-order valence-electron chi connectivity index (χ4n) is 3.60. The van der Waals surface area contributed by atoms with Gasteiger partial charge >= 0.3 is 0 Å². The first-order valence-corrected chi connectivity index (χ1v) is 10.6. The zero-order valence-corrected chi connectivity index (χ0v) is 18.4. The number of methoxy groups -OCH3 is 2. The molecular weight excluding hydrogens is 392 g/mol. The second-order valence-corrected chi connectivity index (χ2v) is 7.70. The Morgan fingerprint density at radius 3 is 2.16 bits per heavy atom. The number of hydrogen-bond acceptors (Lipinski definition) is 4. The lowest BCUT2D eigenvalue weighted by atomic mass is 10.1. The molecule has 1 saturated heterocycles. The number of hydrogen-bond donors (Lipinski definition) is 1. The highest BCUT2D eigenvalue weighted by atomic mass is 16.5. The average molecular weight is 423 g/mol. The van der Waals surface area contributed by atoms with Crippen LogP contribution in [-0.2, 0) is 4.79 Å². The Labute approximate surface area is 183 Å². The first-order valence-electron chi connectivity index (χ1n) is 10.6. The van der Waals surface area contributed by atoms with E-state index in [1.54, 1.807) is 44.6 Å². The average Bonchev–Trinajstić information content (AvgIpc) is 3.08. The molecule has 2 amide bonds. The number of carbonyl (C=O) groups is 2. The Balaban J connectivity index is 1.92. The van der Waals surface area contributed by atoms with Crippen molar-refractivity contribution in [1.29, 1.82) is 0 Å². The second-order valence-electron chi connectivity index (χ2n) is 7.70. The first-order chi connectivity index (χ1) is 15.0. The highest BCUT2D eigenvalue weighted by Crippen LogP contribution is 2.28. The summed E-state index contributed by atoms with van der Waals surface area (Å²) < 4.78 is 10.7. The highest BCUT2D eigenvalue weighted by Gasteiger charge is 2.22. The van der Waals surface area contributed by atoms with E-state index in [0.717, 1.165) is 36.8 Å². The van der Waals surface area contributed by atoms with Crippen LogP contribution >= 0.6 is 0 Å². The third-order valence-electron chi connectivity index (χ3n) is 5.40. The standard InChI is InChI=1S/C25H30N2O4/c1-18-8-11-20(12-9-18)24(28)26-21(25(29)27-14-6-4-5-7-15-27)16-19-10-13-22(30-2)23(17-19)31-3/h8-13,16-17H,4-7,14-15H2,1-3H3,(H,26,28)/b21-16-. The fourth-order valence-corrected chi connectivity index (χ4v) is 3.60. The van der Waals surface area contributed by atoms with E-state index in [1.165, 1.54) is 0 Å². The predicted octanol–water partition coefficient (Wildman–Crippen LogP) is 4.19. The highest BCUT2D eigenvalue weighted by molar-refractivity contribution is 6.05. The van der Waals surface area contributed by atoms with E-state index in [1.807, 2.05) is 30.0 Å². The lowest BCUT2D eigenvalue weighted by molar-refractivity contribution is -0.127. The van der Waals surface area contributed by atoms with Crippen molar-refractivity contribution in [1.82, 2.24) is 10.2 Å². The van der Waals surface area contributed by atoms with Crippen molar-refractivity contribution >= 4 is 17.9 Å². The number of aryl methyl sites for hydroxylation is 1. The molecule has 3 rings (SSSR count). The van der Waals surface area contributed by atoms with Gasteiger partial charge in [-0.05, 0) is 55.7 Å². The van der Waals surface area contributed by atoms with Crippen LogP contribution in [0.5, 0.6) is 11.5 Å². The minimum Gasteiger partial charge on any atom is -0.493 e. The van der Waals surface area contributed by atoms with Gasteiger partial charge in [0.25, 0.3) is 11.8 Å². The molecular formula is C25H30N2O4. The Kier molecular flexibility index (Phi) is 7.70. The lowest BCUT2D eigenvalue weighted by Crippen LogP contribution is -2.39. The molecule has 31 heavy (non-hydrogen) atoms. The van der Waals surface area contributed by atoms with E-state index in [0.29, 0.717) is 30.2 Å². The van der Waals surface area contributed by atoms with Crippen molar-refractivity contribution in [2.45, 2.75) is 32.6 Å². The van der Waals surface area contributed by atoms with E-state index in [4.69, 9.17) is 9.47 Å². The van der Waals surface area contributed by atoms with Crippen molar-refractivity contribution in [3.8, 4) is 11.5 Å². The van der Waals surface area contributed by atoms with Gasteiger partial charge in [0.1, 0.15) is 5.70 Å². The summed E-state index contributed by atoms with van der Waals surface area (Å²) in [6.45, 7) is 3.36. The number of benzene rings is 2. The van der Waals surface area contributed by atoms with Crippen molar-refractivity contribution in [3.05, 3.63) is 64.9 Å². The molecule has 164 valence electrons. The van der Waals surface area contributed by atoms with Gasteiger partial charge in [-0.15, -0.1) is 0 Å². The molecule has 0 saturated carbocycles. The number of rotatable bonds is 6. The molecule has 0 atom stereocenters. The molecule has 0 unspecified atom stereocenters. The molecule has 0 radical (unpaired) electrons. The van der Waals surface area contributed by atoms with Crippen LogP contribution < -0.4 is 14.8 Å². The van der Waals surface area contributed by atoms with E-state index in [-0.39, 0.29) is 17.5 Å². The zero-order valence-electron chi connectivity index (χ0n) is 18.4. The SMILES string of the molecule is COc1ccc(/C=C(\NC(=O)c2ccc(C)cc2)C(=O)N2CCCCCC2)cc1OC. The second kappa shape index (κ2) is 10.7. The summed E-state index contributed by atoms with van der Waals surface area (Å²) in [6, 6.07) is 12.7. The Hall–Kier alpha value is -3.28. The summed E-state index contributed by atoms with van der Waals surface area (Å²) in [7, 11) is 3.14. The van der Waals surface area contributed by atoms with Gasteiger partial charge in [-0.1, -0.05) is 36.6 Å². The topological polar surface area (TPSA) is 67.9 Å². The van der Waals surface area contributed by atoms with Crippen molar-refractivity contribution < 1.29 is 19.1 Å². The molecule has 1 N–H and O–H groups in total. The van der Waals surface area contributed by atoms with Crippen LogP contribution in [0, 0.1) is 6.92 Å². The molecule has 1 aliphatic heterocycles. The lowest BCUT2D eigenvalue weighted by Gasteiger charge is -2.22. The molecule has 0 aromatic heterocycles. The normalized spacial score (nSPS) is 14.5. The fraction of sp³-hybridized carbons (Fsp3) is 0.360. The molecule has 0 spiro atoms. The summed E-state index contributed by atoms with van der Waals surface area (Å²) in [4.78, 5) is 28.0. The summed E-state index contributed by atoms with van der Waals surface area (Å²) in [5.74, 6) is 0.679. The van der Waals surface area contributed by atoms with Gasteiger partial charge in [0.15, 0.2) is 11.5 Å². The van der Waals surface area contributed by atoms with Crippen molar-refractivity contribution in [2.75, 3.05) is 27.3 Å². The summed E-state index contributed by atoms with van der Waals surface area (Å²) >= 11 is 0. The smallest absolute Gasteiger partial charge is 0.270 e. The van der Waals surface area contributed by atoms with Gasteiger partial charge in [-0.2, -0.15) is 0 Å². The van der Waals surface area contributed by atoms with Crippen LogP contribution in [0.3, 0.4) is 0 Å². The van der Waals surface area contributed by atoms with Gasteiger partial charge in [0.05, 0.1) is 14.2 Å². The maximum atomic E-state index is 13.3. The zero-order chi connectivity index (χ0) is 22.2. The van der Waals surface area contributed by atoms with Gasteiger partial charge in [-0.3, -0.25) is 9.59 Å². The molecule has 1 aliphatic rings. The number of nitrogens with one attached hydrogen (secondary N) is 1. The first kappa shape index (κ1) is 22.4. The van der Waals surface area contributed by atoms with Crippen LogP contribution in [0.25, 0.3) is 6.08 Å². The minimum absolute atomic E-state index is 0.169. The quantitative estimate of drug-likeness (QED) is 0.709. The van der Waals surface area contributed by atoms with Crippen LogP contribution in [0.4, 0.5) is 0 Å². The molecule has 1 heterocycles. The number of ether oxygens (including phenoxy) is 2.